The van der Waals surface area contributed by atoms with Crippen molar-refractivity contribution in [2.45, 2.75) is 52.6 Å². The molecular formula is C15H32N2O. The van der Waals surface area contributed by atoms with Crippen molar-refractivity contribution in [2.24, 2.45) is 11.8 Å². The summed E-state index contributed by atoms with van der Waals surface area (Å²) in [7, 11) is 2.21. The van der Waals surface area contributed by atoms with Crippen molar-refractivity contribution in [3.8, 4) is 0 Å². The summed E-state index contributed by atoms with van der Waals surface area (Å²) in [4.78, 5) is 2.42. The van der Waals surface area contributed by atoms with E-state index in [2.05, 4.69) is 45.0 Å². The van der Waals surface area contributed by atoms with Gasteiger partial charge in [0.25, 0.3) is 0 Å². The summed E-state index contributed by atoms with van der Waals surface area (Å²) in [6.07, 6.45) is 2.76. The van der Waals surface area contributed by atoms with Crippen LogP contribution < -0.4 is 5.32 Å². The van der Waals surface area contributed by atoms with Crippen LogP contribution >= 0.6 is 0 Å². The van der Waals surface area contributed by atoms with Gasteiger partial charge in [-0.15, -0.1) is 0 Å². The fourth-order valence-corrected chi connectivity index (χ4v) is 1.97. The Kier molecular flexibility index (Phi) is 7.20. The van der Waals surface area contributed by atoms with E-state index >= 15 is 0 Å². The molecular weight excluding hydrogens is 224 g/mol. The third-order valence-corrected chi connectivity index (χ3v) is 4.01. The third kappa shape index (κ3) is 6.72. The van der Waals surface area contributed by atoms with Crippen molar-refractivity contribution in [3.63, 3.8) is 0 Å². The zero-order chi connectivity index (χ0) is 13.5. The highest BCUT2D eigenvalue weighted by Gasteiger charge is 2.21. The lowest BCUT2D eigenvalue weighted by Crippen LogP contribution is -2.41. The molecule has 1 saturated carbocycles. The molecule has 0 radical (unpaired) electrons. The number of nitrogens with zero attached hydrogens (tertiary/aromatic N) is 1. The molecule has 2 atom stereocenters. The summed E-state index contributed by atoms with van der Waals surface area (Å²) >= 11 is 0. The van der Waals surface area contributed by atoms with Crippen molar-refractivity contribution < 1.29 is 4.74 Å². The molecule has 108 valence electrons. The lowest BCUT2D eigenvalue weighted by molar-refractivity contribution is 0.0844. The second-order valence-electron chi connectivity index (χ2n) is 6.28. The van der Waals surface area contributed by atoms with E-state index in [9.17, 15) is 0 Å². The molecule has 1 N–H and O–H groups in total. The maximum absolute atomic E-state index is 5.70. The minimum Gasteiger partial charge on any atom is -0.380 e. The number of nitrogens with one attached hydrogen (secondary N) is 1. The first-order valence-electron chi connectivity index (χ1n) is 7.52. The van der Waals surface area contributed by atoms with Crippen LogP contribution in [0.3, 0.4) is 0 Å². The summed E-state index contributed by atoms with van der Waals surface area (Å²) in [5.74, 6) is 1.54. The molecule has 3 nitrogen and oxygen atoms in total. The van der Waals surface area contributed by atoms with E-state index in [0.717, 1.165) is 32.2 Å². The average Bonchev–Trinajstić information content (AvgIpc) is 3.14. The number of likely N-dealkylation sites (N-methyl/N-ethyl adjacent to an activating group) is 1. The fraction of sp³-hybridized carbons (Fsp3) is 1.00. The summed E-state index contributed by atoms with van der Waals surface area (Å²) < 4.78 is 5.70. The number of ether oxygens (including phenoxy) is 1. The quantitative estimate of drug-likeness (QED) is 0.607. The Morgan fingerprint density at radius 3 is 2.44 bits per heavy atom. The van der Waals surface area contributed by atoms with E-state index in [1.165, 1.54) is 12.8 Å². The van der Waals surface area contributed by atoms with Gasteiger partial charge in [-0.3, -0.25) is 0 Å². The number of rotatable bonds is 10. The molecule has 0 aromatic heterocycles. The van der Waals surface area contributed by atoms with Gasteiger partial charge in [0.1, 0.15) is 0 Å². The third-order valence-electron chi connectivity index (χ3n) is 4.01. The maximum Gasteiger partial charge on any atom is 0.0593 e. The molecule has 0 aliphatic heterocycles. The van der Waals surface area contributed by atoms with Gasteiger partial charge < -0.3 is 15.0 Å². The molecule has 0 heterocycles. The SMILES string of the molecule is CC(C)NCC(C)C(C)N(C)CCOCC1CC1. The molecule has 0 spiro atoms. The van der Waals surface area contributed by atoms with Gasteiger partial charge in [-0.1, -0.05) is 20.8 Å². The van der Waals surface area contributed by atoms with Gasteiger partial charge in [-0.25, -0.2) is 0 Å². The van der Waals surface area contributed by atoms with Crippen LogP contribution in [0.4, 0.5) is 0 Å². The highest BCUT2D eigenvalue weighted by atomic mass is 16.5. The fourth-order valence-electron chi connectivity index (χ4n) is 1.97. The van der Waals surface area contributed by atoms with Gasteiger partial charge in [0, 0.05) is 25.2 Å². The smallest absolute Gasteiger partial charge is 0.0593 e. The first kappa shape index (κ1) is 15.9. The summed E-state index contributed by atoms with van der Waals surface area (Å²) in [5.41, 5.74) is 0. The second-order valence-corrected chi connectivity index (χ2v) is 6.28. The van der Waals surface area contributed by atoms with Gasteiger partial charge in [-0.2, -0.15) is 0 Å². The van der Waals surface area contributed by atoms with Crippen LogP contribution in [0.5, 0.6) is 0 Å². The predicted octanol–water partition coefficient (Wildman–Crippen LogP) is 2.37. The summed E-state index contributed by atoms with van der Waals surface area (Å²) in [6.45, 7) is 13.0. The molecule has 0 amide bonds. The minimum atomic E-state index is 0.576. The van der Waals surface area contributed by atoms with Crippen LogP contribution in [0.2, 0.25) is 0 Å². The van der Waals surface area contributed by atoms with Crippen LogP contribution in [-0.2, 0) is 4.74 Å². The molecule has 2 unspecified atom stereocenters. The van der Waals surface area contributed by atoms with E-state index < -0.39 is 0 Å². The Bertz CT molecular complexity index is 217. The Morgan fingerprint density at radius 2 is 1.89 bits per heavy atom. The van der Waals surface area contributed by atoms with Crippen molar-refractivity contribution in [1.82, 2.24) is 10.2 Å². The molecule has 3 heteroatoms. The molecule has 18 heavy (non-hydrogen) atoms. The monoisotopic (exact) mass is 256 g/mol. The Hall–Kier alpha value is -0.120. The van der Waals surface area contributed by atoms with E-state index in [0.29, 0.717) is 18.0 Å². The Balaban J connectivity index is 2.07. The van der Waals surface area contributed by atoms with E-state index in [-0.39, 0.29) is 0 Å². The normalized spacial score (nSPS) is 19.5. The number of hydrogen-bond donors (Lipinski definition) is 1. The largest absolute Gasteiger partial charge is 0.380 e. The van der Waals surface area contributed by atoms with Gasteiger partial charge in [-0.05, 0) is 45.2 Å². The highest BCUT2D eigenvalue weighted by molar-refractivity contribution is 4.74. The lowest BCUT2D eigenvalue weighted by Gasteiger charge is -2.30. The minimum absolute atomic E-state index is 0.576. The Labute approximate surface area is 113 Å². The first-order chi connectivity index (χ1) is 8.50. The van der Waals surface area contributed by atoms with Gasteiger partial charge in [0.15, 0.2) is 0 Å². The summed E-state index contributed by atoms with van der Waals surface area (Å²) in [5, 5.41) is 3.51. The molecule has 0 aromatic rings. The molecule has 1 aliphatic rings. The maximum atomic E-state index is 5.70. The summed E-state index contributed by atoms with van der Waals surface area (Å²) in [6, 6.07) is 1.17. The standard InChI is InChI=1S/C15H32N2O/c1-12(2)16-10-13(3)14(4)17(5)8-9-18-11-15-6-7-15/h12-16H,6-11H2,1-5H3. The zero-order valence-corrected chi connectivity index (χ0v) is 12.9. The van der Waals surface area contributed by atoms with Crippen LogP contribution in [0, 0.1) is 11.8 Å². The van der Waals surface area contributed by atoms with Gasteiger partial charge >= 0.3 is 0 Å². The molecule has 1 fully saturated rings. The average molecular weight is 256 g/mol. The topological polar surface area (TPSA) is 24.5 Å². The van der Waals surface area contributed by atoms with E-state index in [1.54, 1.807) is 0 Å². The molecule has 1 aliphatic carbocycles. The predicted molar refractivity (Wildman–Crippen MR) is 77.9 cm³/mol. The van der Waals surface area contributed by atoms with Crippen LogP contribution in [0.15, 0.2) is 0 Å². The molecule has 0 saturated heterocycles. The molecule has 0 bridgehead atoms. The second kappa shape index (κ2) is 8.13. The van der Waals surface area contributed by atoms with Gasteiger partial charge in [0.2, 0.25) is 0 Å². The lowest BCUT2D eigenvalue weighted by atomic mass is 10.0. The van der Waals surface area contributed by atoms with E-state index in [4.69, 9.17) is 4.74 Å². The van der Waals surface area contributed by atoms with Crippen molar-refractivity contribution in [3.05, 3.63) is 0 Å². The number of hydrogen-bond acceptors (Lipinski definition) is 3. The van der Waals surface area contributed by atoms with Crippen LogP contribution in [-0.4, -0.2) is 50.3 Å². The molecule has 0 aromatic carbocycles. The van der Waals surface area contributed by atoms with Crippen molar-refractivity contribution in [1.29, 1.82) is 0 Å². The first-order valence-corrected chi connectivity index (χ1v) is 7.52. The van der Waals surface area contributed by atoms with Crippen LogP contribution in [0.25, 0.3) is 0 Å². The van der Waals surface area contributed by atoms with Crippen molar-refractivity contribution >= 4 is 0 Å². The van der Waals surface area contributed by atoms with Crippen LogP contribution in [0.1, 0.15) is 40.5 Å². The van der Waals surface area contributed by atoms with E-state index in [1.807, 2.05) is 0 Å². The molecule has 1 rings (SSSR count). The Morgan fingerprint density at radius 1 is 1.22 bits per heavy atom. The van der Waals surface area contributed by atoms with Crippen molar-refractivity contribution in [2.75, 3.05) is 33.4 Å². The van der Waals surface area contributed by atoms with Gasteiger partial charge in [0.05, 0.1) is 6.61 Å². The zero-order valence-electron chi connectivity index (χ0n) is 12.9. The highest BCUT2D eigenvalue weighted by Crippen LogP contribution is 2.28.